The van der Waals surface area contributed by atoms with Crippen molar-refractivity contribution in [2.24, 2.45) is 5.92 Å². The summed E-state index contributed by atoms with van der Waals surface area (Å²) in [5, 5.41) is 9.18. The van der Waals surface area contributed by atoms with Crippen LogP contribution in [0, 0.1) is 17.6 Å². The second-order valence-electron chi connectivity index (χ2n) is 20.8. The first-order valence-electron chi connectivity index (χ1n) is 24.0. The molecule has 0 saturated heterocycles. The number of nitrogens with one attached hydrogen (secondary N) is 1. The van der Waals surface area contributed by atoms with E-state index in [9.17, 15) is 61.5 Å². The number of fused-ring (bicyclic) bond motifs is 4. The third-order valence-electron chi connectivity index (χ3n) is 13.9. The number of aryl methyl sites for hydroxylation is 1. The van der Waals surface area contributed by atoms with Crippen LogP contribution in [0.2, 0.25) is 5.02 Å². The summed E-state index contributed by atoms with van der Waals surface area (Å²) in [4.78, 5) is 37.0. The number of carbonyl (C=O) groups is 2. The highest BCUT2D eigenvalue weighted by Gasteiger charge is 2.68. The van der Waals surface area contributed by atoms with Gasteiger partial charge in [0, 0.05) is 40.6 Å². The Morgan fingerprint density at radius 3 is 2.10 bits per heavy atom. The first-order valence-corrected chi connectivity index (χ1v) is 28.1. The van der Waals surface area contributed by atoms with Crippen molar-refractivity contribution in [2.75, 3.05) is 51.6 Å². The summed E-state index contributed by atoms with van der Waals surface area (Å²) >= 11 is 6.80. The maximum atomic E-state index is 15.7. The van der Waals surface area contributed by atoms with E-state index < -0.39 is 148 Å². The molecule has 0 unspecified atom stereocenters. The van der Waals surface area contributed by atoms with Gasteiger partial charge in [-0.15, -0.1) is 0 Å². The van der Waals surface area contributed by atoms with Crippen LogP contribution in [0.4, 0.5) is 49.7 Å². The SMILES string of the molecule is CN(C)CCCC[C@@H](C(=O)N(c1nn(CC(F)(F)F)c2c(-c3ccc(CCC(C)(C)S(C)(=O)=O)nc3[C@H](Cc3cc(F)cc(F)c3)NC(=O)Cn3nc(C(F)(F)F)c4c3C(F)(F)[C@@H]3C[C@H]43)ccc(Cl)c12)S(C)(=O)=O)N(C)C. The molecule has 28 heteroatoms. The van der Waals surface area contributed by atoms with E-state index in [4.69, 9.17) is 16.6 Å². The zero-order chi connectivity index (χ0) is 57.3. The number of nitrogens with zero attached hydrogens (tertiary/aromatic N) is 8. The number of pyridine rings is 1. The van der Waals surface area contributed by atoms with Crippen LogP contribution >= 0.6 is 11.6 Å². The van der Waals surface area contributed by atoms with E-state index in [0.29, 0.717) is 36.4 Å². The van der Waals surface area contributed by atoms with Gasteiger partial charge in [-0.1, -0.05) is 30.2 Å². The predicted octanol–water partition coefficient (Wildman–Crippen LogP) is 8.83. The van der Waals surface area contributed by atoms with E-state index in [2.05, 4.69) is 15.5 Å². The molecule has 0 spiro atoms. The Labute approximate surface area is 442 Å². The van der Waals surface area contributed by atoms with Gasteiger partial charge in [-0.3, -0.25) is 28.8 Å². The number of unbranched alkanes of at least 4 members (excludes halogenated alkanes) is 1. The van der Waals surface area contributed by atoms with Gasteiger partial charge in [0.2, 0.25) is 15.9 Å². The summed E-state index contributed by atoms with van der Waals surface area (Å²) in [5.41, 5.74) is -4.96. The van der Waals surface area contributed by atoms with Crippen molar-refractivity contribution >= 4 is 60.0 Å². The van der Waals surface area contributed by atoms with Gasteiger partial charge in [0.05, 0.1) is 44.7 Å². The van der Waals surface area contributed by atoms with E-state index in [-0.39, 0.29) is 62.7 Å². The Morgan fingerprint density at radius 1 is 0.896 bits per heavy atom. The Kier molecular flexibility index (Phi) is 16.4. The lowest BCUT2D eigenvalue weighted by Gasteiger charge is -2.28. The molecule has 0 aliphatic heterocycles. The van der Waals surface area contributed by atoms with E-state index in [0.717, 1.165) is 24.5 Å². The number of sulfone groups is 1. The molecule has 2 aliphatic rings. The van der Waals surface area contributed by atoms with Gasteiger partial charge in [-0.05, 0) is 123 Å². The van der Waals surface area contributed by atoms with Crippen LogP contribution < -0.4 is 9.62 Å². The van der Waals surface area contributed by atoms with Crippen LogP contribution in [0.1, 0.15) is 91.8 Å². The number of rotatable bonds is 21. The molecular formula is C49H56ClF10N9O6S2. The Balaban J connectivity index is 1.46. The molecule has 4 atom stereocenters. The molecule has 422 valence electrons. The Bertz CT molecular complexity index is 3310. The average Bonchev–Trinajstić information content (AvgIpc) is 3.81. The fraction of sp³-hybridized carbons (Fsp3) is 0.531. The summed E-state index contributed by atoms with van der Waals surface area (Å²) < 4.78 is 201. The van der Waals surface area contributed by atoms with Crippen molar-refractivity contribution in [3.8, 4) is 11.1 Å². The monoisotopic (exact) mass is 1160 g/mol. The molecule has 7 rings (SSSR count). The maximum absolute atomic E-state index is 15.7. The number of benzene rings is 2. The highest BCUT2D eigenvalue weighted by Crippen LogP contribution is 2.68. The smallest absolute Gasteiger partial charge is 0.346 e. The van der Waals surface area contributed by atoms with Crippen LogP contribution in [0.25, 0.3) is 22.0 Å². The minimum atomic E-state index is -5.21. The fourth-order valence-electron chi connectivity index (χ4n) is 9.75. The number of likely N-dealkylation sites (N-methyl/N-ethyl adjacent to an activating group) is 1. The lowest BCUT2D eigenvalue weighted by Crippen LogP contribution is -2.48. The lowest BCUT2D eigenvalue weighted by atomic mass is 9.93. The van der Waals surface area contributed by atoms with Crippen LogP contribution in [0.15, 0.2) is 42.5 Å². The standard InChI is InChI=1S/C49H56ClF10N9O6S2/c1-46(2,76(7,72)73)17-16-29-12-13-30(31-14-15-34(50)39-41(31)68(25-47(53,54)55)64-44(39)69(77(8,74)75)45(71)36(66(5)6)11-9-10-18-65(3)4)40(61-29)35(21-26-19-27(51)22-28(52)20-26)62-37(70)24-67-43-38(42(63-67)49(58,59)60)32-23-33(32)48(43,56)57/h12-15,19-20,22,32-33,35-36H,9-11,16-18,21,23-25H2,1-8H3,(H,62,70)/t32-,33+,35-,36-/m0/s1. The van der Waals surface area contributed by atoms with Crippen LogP contribution in [-0.4, -0.2) is 127 Å². The van der Waals surface area contributed by atoms with E-state index >= 15 is 8.78 Å². The highest BCUT2D eigenvalue weighted by atomic mass is 35.5. The number of halogens is 11. The molecule has 2 aliphatic carbocycles. The summed E-state index contributed by atoms with van der Waals surface area (Å²) in [6.07, 6.45) is -8.69. The van der Waals surface area contributed by atoms with Crippen molar-refractivity contribution in [3.63, 3.8) is 0 Å². The largest absolute Gasteiger partial charge is 0.435 e. The van der Waals surface area contributed by atoms with Gasteiger partial charge in [0.15, 0.2) is 21.3 Å². The molecule has 5 aromatic rings. The first-order chi connectivity index (χ1) is 35.4. The quantitative estimate of drug-likeness (QED) is 0.0550. The van der Waals surface area contributed by atoms with Crippen LogP contribution in [-0.2, 0) is 67.5 Å². The molecule has 1 N–H and O–H groups in total. The molecule has 0 bridgehead atoms. The zero-order valence-electron chi connectivity index (χ0n) is 42.9. The number of aromatic nitrogens is 5. The molecule has 15 nitrogen and oxygen atoms in total. The van der Waals surface area contributed by atoms with E-state index in [1.54, 1.807) is 0 Å². The normalized spacial score (nSPS) is 17.5. The average molecular weight is 1160 g/mol. The predicted molar refractivity (Wildman–Crippen MR) is 266 cm³/mol. The van der Waals surface area contributed by atoms with E-state index in [1.807, 2.05) is 19.0 Å². The Hall–Kier alpha value is -5.38. The Morgan fingerprint density at radius 2 is 1.53 bits per heavy atom. The van der Waals surface area contributed by atoms with Gasteiger partial charge in [0.1, 0.15) is 30.4 Å². The summed E-state index contributed by atoms with van der Waals surface area (Å²) in [6.45, 7) is 0.287. The van der Waals surface area contributed by atoms with Crippen LogP contribution in [0.5, 0.6) is 0 Å². The van der Waals surface area contributed by atoms with Gasteiger partial charge in [0.25, 0.3) is 11.8 Å². The summed E-state index contributed by atoms with van der Waals surface area (Å²) in [6, 6.07) is 4.35. The second-order valence-corrected chi connectivity index (χ2v) is 25.7. The summed E-state index contributed by atoms with van der Waals surface area (Å²) in [7, 11) is -1.82. The van der Waals surface area contributed by atoms with Crippen molar-refractivity contribution in [1.82, 2.24) is 39.7 Å². The molecule has 3 heterocycles. The van der Waals surface area contributed by atoms with Gasteiger partial charge in [-0.25, -0.2) is 25.6 Å². The third-order valence-corrected chi connectivity index (χ3v) is 17.4. The lowest BCUT2D eigenvalue weighted by molar-refractivity contribution is -0.143. The zero-order valence-corrected chi connectivity index (χ0v) is 45.3. The minimum Gasteiger partial charge on any atom is -0.346 e. The van der Waals surface area contributed by atoms with Crippen LogP contribution in [0.3, 0.4) is 0 Å². The van der Waals surface area contributed by atoms with Gasteiger partial charge < -0.3 is 10.2 Å². The molecule has 0 radical (unpaired) electrons. The summed E-state index contributed by atoms with van der Waals surface area (Å²) in [5.74, 6) is -11.9. The number of amides is 2. The fourth-order valence-corrected chi connectivity index (χ4v) is 11.3. The topological polar surface area (TPSA) is 173 Å². The second kappa shape index (κ2) is 21.3. The number of hydrogen-bond donors (Lipinski definition) is 1. The number of alkyl halides is 8. The molecule has 2 aromatic carbocycles. The van der Waals surface area contributed by atoms with Crippen molar-refractivity contribution in [2.45, 2.75) is 113 Å². The van der Waals surface area contributed by atoms with Crippen molar-refractivity contribution < 1.29 is 70.3 Å². The molecule has 2 amide bonds. The van der Waals surface area contributed by atoms with Gasteiger partial charge >= 0.3 is 12.4 Å². The highest BCUT2D eigenvalue weighted by molar-refractivity contribution is 7.93. The molecular weight excluding hydrogens is 1100 g/mol. The minimum absolute atomic E-state index is 0.0765. The van der Waals surface area contributed by atoms with Crippen molar-refractivity contribution in [1.29, 1.82) is 0 Å². The van der Waals surface area contributed by atoms with Crippen molar-refractivity contribution in [3.05, 3.63) is 93.0 Å². The molecule has 3 aromatic heterocycles. The molecule has 1 saturated carbocycles. The van der Waals surface area contributed by atoms with Gasteiger partial charge in [-0.2, -0.15) is 49.6 Å². The number of hydrogen-bond acceptors (Lipinski definition) is 11. The first kappa shape index (κ1) is 59.3. The number of sulfonamides is 1. The third kappa shape index (κ3) is 12.7. The molecule has 1 fully saturated rings. The van der Waals surface area contributed by atoms with E-state index in [1.165, 1.54) is 51.0 Å². The number of carbonyl (C=O) groups excluding carboxylic acids is 2. The maximum Gasteiger partial charge on any atom is 0.435 e. The molecule has 77 heavy (non-hydrogen) atoms. The number of anilines is 1.